The maximum atomic E-state index is 0. The molecule has 0 aliphatic heterocycles. The molecule has 0 spiro atoms. The van der Waals surface area contributed by atoms with Gasteiger partial charge in [-0.05, 0) is 0 Å². The topological polar surface area (TPSA) is 126 Å². The van der Waals surface area contributed by atoms with Gasteiger partial charge in [0.05, 0.1) is 0 Å². The first-order valence-corrected chi connectivity index (χ1v) is 0. The average Bonchev–Trinajstić information content (AvgIpc) is 0. The summed E-state index contributed by atoms with van der Waals surface area (Å²) in [5.41, 5.74) is 0. The van der Waals surface area contributed by atoms with Gasteiger partial charge in [-0.15, -0.1) is 0 Å². The second kappa shape index (κ2) is 151. The van der Waals surface area contributed by atoms with E-state index in [1.807, 2.05) is 0 Å². The summed E-state index contributed by atoms with van der Waals surface area (Å²) < 4.78 is 0. The fourth-order valence-corrected chi connectivity index (χ4v) is 0. The van der Waals surface area contributed by atoms with Crippen molar-refractivity contribution in [3.63, 3.8) is 0 Å². The van der Waals surface area contributed by atoms with Crippen LogP contribution in [0.15, 0.2) is 0 Å². The molecule has 0 fully saturated rings. The van der Waals surface area contributed by atoms with Gasteiger partial charge in [-0.1, -0.05) is 0 Å². The van der Waals surface area contributed by atoms with Crippen molar-refractivity contribution in [3.05, 3.63) is 0 Å². The minimum absolute atomic E-state index is 0. The van der Waals surface area contributed by atoms with E-state index in [0.29, 0.717) is 0 Å². The van der Waals surface area contributed by atoms with Gasteiger partial charge in [0.2, 0.25) is 0 Å². The van der Waals surface area contributed by atoms with E-state index in [2.05, 4.69) is 0 Å². The molecule has 5 heteroatoms. The molecular weight excluding hydrogens is 183 g/mol. The van der Waals surface area contributed by atoms with E-state index in [0.717, 1.165) is 0 Å². The predicted octanol–water partition coefficient (Wildman–Crippen LogP) is -3.68. The minimum Gasteiger partial charge on any atom is -0.412 e. The van der Waals surface area contributed by atoms with Gasteiger partial charge < -0.3 is 21.9 Å². The van der Waals surface area contributed by atoms with Crippen LogP contribution < -0.4 is 0 Å². The largest absolute Gasteiger partial charge is 2.00 e. The van der Waals surface area contributed by atoms with Gasteiger partial charge >= 0.3 is 23.9 Å². The molecule has 34 valence electrons. The molecule has 0 amide bonds. The van der Waals surface area contributed by atoms with Crippen LogP contribution in [-0.4, -0.2) is 45.8 Å². The van der Waals surface area contributed by atoms with Crippen LogP contribution in [0.25, 0.3) is 0 Å². The monoisotopic (exact) mass is 192 g/mol. The summed E-state index contributed by atoms with van der Waals surface area (Å²) in [6.07, 6.45) is 0. The molecule has 0 rings (SSSR count). The summed E-state index contributed by atoms with van der Waals surface area (Å²) in [6, 6.07) is 0. The predicted molar refractivity (Wildman–Crippen MR) is 20.2 cm³/mol. The molecule has 5 heavy (non-hydrogen) atoms. The van der Waals surface area contributed by atoms with Crippen LogP contribution in [0.1, 0.15) is 0 Å². The van der Waals surface area contributed by atoms with Crippen LogP contribution in [0.2, 0.25) is 0 Å². The van der Waals surface area contributed by atoms with E-state index in [1.54, 1.807) is 0 Å². The standard InChI is InChI=1S/4H2O.Sn/h4*1H2;/q;;;;+2. The molecule has 0 aliphatic rings. The SMILES string of the molecule is O.O.O.O.[Sn+2]. The van der Waals surface area contributed by atoms with Gasteiger partial charge in [0, 0.05) is 0 Å². The van der Waals surface area contributed by atoms with Crippen molar-refractivity contribution in [3.8, 4) is 0 Å². The van der Waals surface area contributed by atoms with Crippen LogP contribution in [0.3, 0.4) is 0 Å². The summed E-state index contributed by atoms with van der Waals surface area (Å²) >= 11 is 0. The molecule has 0 heterocycles. The smallest absolute Gasteiger partial charge is 0.412 e. The molecule has 0 saturated carbocycles. The van der Waals surface area contributed by atoms with Gasteiger partial charge in [-0.25, -0.2) is 0 Å². The molecule has 0 atom stereocenters. The van der Waals surface area contributed by atoms with Crippen molar-refractivity contribution in [1.82, 2.24) is 0 Å². The number of hydrogen-bond acceptors (Lipinski definition) is 0. The Hall–Kier alpha value is 0.639. The molecule has 4 nitrogen and oxygen atoms in total. The first-order chi connectivity index (χ1) is 0. The normalized spacial score (nSPS) is 0. The third kappa shape index (κ3) is 79.2. The number of hydrogen-bond donors (Lipinski definition) is 0. The second-order valence-electron chi connectivity index (χ2n) is 0. The molecule has 0 saturated heterocycles. The van der Waals surface area contributed by atoms with Gasteiger partial charge in [0.25, 0.3) is 0 Å². The van der Waals surface area contributed by atoms with E-state index >= 15 is 0 Å². The van der Waals surface area contributed by atoms with Crippen molar-refractivity contribution < 1.29 is 21.9 Å². The molecule has 0 aromatic rings. The Morgan fingerprint density at radius 1 is 0.400 bits per heavy atom. The van der Waals surface area contributed by atoms with Crippen LogP contribution in [0, 0.1) is 0 Å². The molecule has 8 N–H and O–H groups in total. The van der Waals surface area contributed by atoms with Crippen LogP contribution in [-0.2, 0) is 0 Å². The zero-order chi connectivity index (χ0) is 0. The summed E-state index contributed by atoms with van der Waals surface area (Å²) in [4.78, 5) is 0. The summed E-state index contributed by atoms with van der Waals surface area (Å²) in [7, 11) is 0. The summed E-state index contributed by atoms with van der Waals surface area (Å²) in [5.74, 6) is 0. The second-order valence-corrected chi connectivity index (χ2v) is 0. The van der Waals surface area contributed by atoms with Crippen LogP contribution in [0.4, 0.5) is 0 Å². The Kier molecular flexibility index (Phi) is 8960. The average molecular weight is 191 g/mol. The Morgan fingerprint density at radius 3 is 0.400 bits per heavy atom. The van der Waals surface area contributed by atoms with E-state index in [1.165, 1.54) is 0 Å². The maximum absolute atomic E-state index is 0. The number of rotatable bonds is 0. The fraction of sp³-hybridized carbons (Fsp3) is 0. The molecule has 2 radical (unpaired) electrons. The van der Waals surface area contributed by atoms with Crippen molar-refractivity contribution in [2.75, 3.05) is 0 Å². The van der Waals surface area contributed by atoms with Gasteiger partial charge in [0.1, 0.15) is 0 Å². The third-order valence-corrected chi connectivity index (χ3v) is 0. The van der Waals surface area contributed by atoms with Crippen LogP contribution >= 0.6 is 0 Å². The van der Waals surface area contributed by atoms with Gasteiger partial charge in [-0.3, -0.25) is 0 Å². The van der Waals surface area contributed by atoms with Crippen molar-refractivity contribution in [2.45, 2.75) is 0 Å². The zero-order valence-corrected chi connectivity index (χ0v) is 5.35. The van der Waals surface area contributed by atoms with Crippen molar-refractivity contribution >= 4 is 23.9 Å². The Morgan fingerprint density at radius 2 is 0.400 bits per heavy atom. The molecule has 0 aromatic heterocycles. The third-order valence-electron chi connectivity index (χ3n) is 0. The Balaban J connectivity index is 0. The van der Waals surface area contributed by atoms with Gasteiger partial charge in [0.15, 0.2) is 0 Å². The van der Waals surface area contributed by atoms with Crippen molar-refractivity contribution in [2.24, 2.45) is 0 Å². The molecular formula is H8O4Sn+2. The van der Waals surface area contributed by atoms with E-state index in [4.69, 9.17) is 0 Å². The van der Waals surface area contributed by atoms with E-state index in [-0.39, 0.29) is 45.8 Å². The van der Waals surface area contributed by atoms with Crippen molar-refractivity contribution in [1.29, 1.82) is 0 Å². The quantitative estimate of drug-likeness (QED) is 0.349. The van der Waals surface area contributed by atoms with Gasteiger partial charge in [-0.2, -0.15) is 0 Å². The zero-order valence-electron chi connectivity index (χ0n) is 2.50. The molecule has 0 unspecified atom stereocenters. The Bertz CT molecular complexity index is 3.61. The molecule has 0 bridgehead atoms. The summed E-state index contributed by atoms with van der Waals surface area (Å²) in [6.45, 7) is 0. The first-order valence-electron chi connectivity index (χ1n) is 0. The van der Waals surface area contributed by atoms with Crippen LogP contribution in [0.5, 0.6) is 0 Å². The summed E-state index contributed by atoms with van der Waals surface area (Å²) in [5, 5.41) is 0. The molecule has 0 aliphatic carbocycles. The Labute approximate surface area is 46.4 Å². The maximum Gasteiger partial charge on any atom is 2.00 e. The van der Waals surface area contributed by atoms with E-state index in [9.17, 15) is 0 Å². The molecule has 0 aromatic carbocycles. The fourth-order valence-electron chi connectivity index (χ4n) is 0. The first kappa shape index (κ1) is 297. The van der Waals surface area contributed by atoms with E-state index < -0.39 is 0 Å². The minimum atomic E-state index is 0.